The summed E-state index contributed by atoms with van der Waals surface area (Å²) in [5.74, 6) is 2.05. The van der Waals surface area contributed by atoms with E-state index in [9.17, 15) is 0 Å². The normalized spacial score (nSPS) is 28.6. The lowest BCUT2D eigenvalue weighted by atomic mass is 10.0. The minimum Gasteiger partial charge on any atom is -0.330 e. The highest BCUT2D eigenvalue weighted by Gasteiger charge is 2.25. The maximum Gasteiger partial charge on any atom is 0.109 e. The molecule has 4 heteroatoms. The number of hydrogen-bond acceptors (Lipinski definition) is 3. The van der Waals surface area contributed by atoms with E-state index in [0.29, 0.717) is 6.04 Å². The number of fused-ring (bicyclic) bond motifs is 1. The van der Waals surface area contributed by atoms with Gasteiger partial charge in [-0.25, -0.2) is 4.98 Å². The van der Waals surface area contributed by atoms with Gasteiger partial charge in [-0.15, -0.1) is 0 Å². The molecule has 3 heterocycles. The van der Waals surface area contributed by atoms with Crippen molar-refractivity contribution < 1.29 is 0 Å². The SMILES string of the molecule is CCN1CCC(Cc2ncc3n2CC(N)CC3)C1. The molecule has 1 fully saturated rings. The molecule has 18 heavy (non-hydrogen) atoms. The van der Waals surface area contributed by atoms with Crippen LogP contribution in [0.3, 0.4) is 0 Å². The second-order valence-electron chi connectivity index (χ2n) is 5.83. The highest BCUT2D eigenvalue weighted by Crippen LogP contribution is 2.23. The van der Waals surface area contributed by atoms with Crippen molar-refractivity contribution in [2.24, 2.45) is 11.7 Å². The molecule has 0 amide bonds. The van der Waals surface area contributed by atoms with E-state index in [1.54, 1.807) is 0 Å². The average molecular weight is 248 g/mol. The maximum absolute atomic E-state index is 6.07. The Morgan fingerprint density at radius 2 is 2.28 bits per heavy atom. The number of nitrogens with zero attached hydrogens (tertiary/aromatic N) is 3. The van der Waals surface area contributed by atoms with E-state index in [4.69, 9.17) is 5.73 Å². The summed E-state index contributed by atoms with van der Waals surface area (Å²) in [7, 11) is 0. The first-order valence-corrected chi connectivity index (χ1v) is 7.27. The van der Waals surface area contributed by atoms with Gasteiger partial charge in [0.1, 0.15) is 5.82 Å². The summed E-state index contributed by atoms with van der Waals surface area (Å²) in [5.41, 5.74) is 7.46. The molecule has 2 aliphatic rings. The first kappa shape index (κ1) is 12.2. The highest BCUT2D eigenvalue weighted by atomic mass is 15.1. The molecule has 0 radical (unpaired) electrons. The molecule has 2 unspecified atom stereocenters. The Kier molecular flexibility index (Phi) is 3.39. The van der Waals surface area contributed by atoms with Gasteiger partial charge >= 0.3 is 0 Å². The van der Waals surface area contributed by atoms with Crippen LogP contribution in [0.25, 0.3) is 0 Å². The van der Waals surface area contributed by atoms with Crippen molar-refractivity contribution in [2.45, 2.75) is 45.2 Å². The van der Waals surface area contributed by atoms with Crippen molar-refractivity contribution in [2.75, 3.05) is 19.6 Å². The second kappa shape index (κ2) is 5.02. The number of likely N-dealkylation sites (tertiary alicyclic amines) is 1. The van der Waals surface area contributed by atoms with Crippen LogP contribution in [0, 0.1) is 5.92 Å². The summed E-state index contributed by atoms with van der Waals surface area (Å²) in [6.07, 6.45) is 6.72. The molecule has 0 saturated carbocycles. The van der Waals surface area contributed by atoms with Gasteiger partial charge < -0.3 is 15.2 Å². The van der Waals surface area contributed by atoms with Crippen molar-refractivity contribution in [3.63, 3.8) is 0 Å². The third kappa shape index (κ3) is 2.31. The zero-order chi connectivity index (χ0) is 12.5. The molecule has 1 saturated heterocycles. The van der Waals surface area contributed by atoms with Crippen LogP contribution in [0.15, 0.2) is 6.20 Å². The molecule has 100 valence electrons. The Morgan fingerprint density at radius 3 is 3.06 bits per heavy atom. The van der Waals surface area contributed by atoms with E-state index < -0.39 is 0 Å². The van der Waals surface area contributed by atoms with Crippen LogP contribution >= 0.6 is 0 Å². The quantitative estimate of drug-likeness (QED) is 0.869. The van der Waals surface area contributed by atoms with Gasteiger partial charge in [-0.2, -0.15) is 0 Å². The molecular formula is C14H24N4. The third-order valence-electron chi connectivity index (χ3n) is 4.50. The lowest BCUT2D eigenvalue weighted by Gasteiger charge is -2.23. The molecule has 2 N–H and O–H groups in total. The first-order valence-electron chi connectivity index (χ1n) is 7.27. The summed E-state index contributed by atoms with van der Waals surface area (Å²) in [6.45, 7) is 6.90. The molecule has 4 nitrogen and oxygen atoms in total. The lowest BCUT2D eigenvalue weighted by molar-refractivity contribution is 0.339. The van der Waals surface area contributed by atoms with E-state index >= 15 is 0 Å². The van der Waals surface area contributed by atoms with E-state index in [-0.39, 0.29) is 0 Å². The summed E-state index contributed by atoms with van der Waals surface area (Å²) >= 11 is 0. The zero-order valence-corrected chi connectivity index (χ0v) is 11.3. The Bertz CT molecular complexity index is 412. The Labute approximate surface area is 109 Å². The number of rotatable bonds is 3. The Hall–Kier alpha value is -0.870. The van der Waals surface area contributed by atoms with Crippen LogP contribution in [0.5, 0.6) is 0 Å². The predicted octanol–water partition coefficient (Wildman–Crippen LogP) is 1.04. The van der Waals surface area contributed by atoms with E-state index in [2.05, 4.69) is 27.6 Å². The minimum atomic E-state index is 0.321. The molecule has 1 aromatic rings. The fraction of sp³-hybridized carbons (Fsp3) is 0.786. The van der Waals surface area contributed by atoms with Gasteiger partial charge in [0.25, 0.3) is 0 Å². The molecule has 1 aromatic heterocycles. The van der Waals surface area contributed by atoms with Gasteiger partial charge in [0, 0.05) is 37.4 Å². The van der Waals surface area contributed by atoms with Crippen molar-refractivity contribution in [1.82, 2.24) is 14.5 Å². The van der Waals surface area contributed by atoms with Gasteiger partial charge in [0.05, 0.1) is 0 Å². The minimum absolute atomic E-state index is 0.321. The van der Waals surface area contributed by atoms with Crippen molar-refractivity contribution >= 4 is 0 Å². The molecule has 2 aliphatic heterocycles. The molecular weight excluding hydrogens is 224 g/mol. The zero-order valence-electron chi connectivity index (χ0n) is 11.3. The Balaban J connectivity index is 1.68. The van der Waals surface area contributed by atoms with Gasteiger partial charge in [-0.3, -0.25) is 0 Å². The van der Waals surface area contributed by atoms with Crippen LogP contribution in [-0.2, 0) is 19.4 Å². The van der Waals surface area contributed by atoms with Gasteiger partial charge in [0.15, 0.2) is 0 Å². The highest BCUT2D eigenvalue weighted by molar-refractivity contribution is 5.10. The van der Waals surface area contributed by atoms with Gasteiger partial charge in [-0.1, -0.05) is 6.92 Å². The molecule has 0 aliphatic carbocycles. The van der Waals surface area contributed by atoms with Crippen LogP contribution in [0.2, 0.25) is 0 Å². The van der Waals surface area contributed by atoms with Crippen molar-refractivity contribution in [1.29, 1.82) is 0 Å². The lowest BCUT2D eigenvalue weighted by Crippen LogP contribution is -2.32. The molecule has 0 bridgehead atoms. The first-order chi connectivity index (χ1) is 8.76. The topological polar surface area (TPSA) is 47.1 Å². The van der Waals surface area contributed by atoms with E-state index in [0.717, 1.165) is 31.7 Å². The third-order valence-corrected chi connectivity index (χ3v) is 4.50. The summed E-state index contributed by atoms with van der Waals surface area (Å²) < 4.78 is 2.38. The fourth-order valence-corrected chi connectivity index (χ4v) is 3.32. The fourth-order valence-electron chi connectivity index (χ4n) is 3.32. The van der Waals surface area contributed by atoms with E-state index in [1.807, 2.05) is 0 Å². The predicted molar refractivity (Wildman–Crippen MR) is 72.4 cm³/mol. The second-order valence-corrected chi connectivity index (χ2v) is 5.83. The van der Waals surface area contributed by atoms with Crippen LogP contribution < -0.4 is 5.73 Å². The van der Waals surface area contributed by atoms with Crippen LogP contribution in [-0.4, -0.2) is 40.1 Å². The number of aromatic nitrogens is 2. The summed E-state index contributed by atoms with van der Waals surface area (Å²) in [4.78, 5) is 7.17. The van der Waals surface area contributed by atoms with Crippen LogP contribution in [0.1, 0.15) is 31.3 Å². The number of imidazole rings is 1. The molecule has 0 aromatic carbocycles. The molecule has 0 spiro atoms. The summed E-state index contributed by atoms with van der Waals surface area (Å²) in [6, 6.07) is 0.321. The molecule has 3 rings (SSSR count). The monoisotopic (exact) mass is 248 g/mol. The van der Waals surface area contributed by atoms with Crippen molar-refractivity contribution in [3.05, 3.63) is 17.7 Å². The smallest absolute Gasteiger partial charge is 0.109 e. The Morgan fingerprint density at radius 1 is 1.39 bits per heavy atom. The standard InChI is InChI=1S/C14H24N4/c1-2-17-6-5-11(9-17)7-14-16-8-13-4-3-12(15)10-18(13)14/h8,11-12H,2-7,9-10,15H2,1H3. The van der Waals surface area contributed by atoms with Crippen molar-refractivity contribution in [3.8, 4) is 0 Å². The number of nitrogens with two attached hydrogens (primary N) is 1. The molecule has 2 atom stereocenters. The number of aryl methyl sites for hydroxylation is 1. The van der Waals surface area contributed by atoms with E-state index in [1.165, 1.54) is 37.6 Å². The number of hydrogen-bond donors (Lipinski definition) is 1. The van der Waals surface area contributed by atoms with Crippen LogP contribution in [0.4, 0.5) is 0 Å². The largest absolute Gasteiger partial charge is 0.330 e. The average Bonchev–Trinajstić information content (AvgIpc) is 2.97. The van der Waals surface area contributed by atoms with Gasteiger partial charge in [0.2, 0.25) is 0 Å². The summed E-state index contributed by atoms with van der Waals surface area (Å²) in [5, 5.41) is 0. The maximum atomic E-state index is 6.07. The van der Waals surface area contributed by atoms with Gasteiger partial charge in [-0.05, 0) is 38.3 Å².